The first kappa shape index (κ1) is 14.4. The summed E-state index contributed by atoms with van der Waals surface area (Å²) in [5.74, 6) is 2.05. The number of aryl methyl sites for hydroxylation is 1. The summed E-state index contributed by atoms with van der Waals surface area (Å²) in [4.78, 5) is 7.18. The molecule has 0 aromatic carbocycles. The molecule has 4 heteroatoms. The van der Waals surface area contributed by atoms with E-state index in [0.29, 0.717) is 6.04 Å². The van der Waals surface area contributed by atoms with Crippen LogP contribution in [0.25, 0.3) is 0 Å². The molecule has 0 spiro atoms. The van der Waals surface area contributed by atoms with Gasteiger partial charge in [0.1, 0.15) is 0 Å². The highest BCUT2D eigenvalue weighted by Crippen LogP contribution is 2.26. The second-order valence-electron chi connectivity index (χ2n) is 6.01. The Bertz CT molecular complexity index is 389. The molecule has 0 amide bonds. The molecule has 1 aromatic rings. The molecule has 0 aliphatic carbocycles. The first-order chi connectivity index (χ1) is 9.11. The maximum atomic E-state index is 4.72. The third-order valence-electron chi connectivity index (χ3n) is 4.09. The van der Waals surface area contributed by atoms with Crippen LogP contribution < -0.4 is 10.2 Å². The quantitative estimate of drug-likeness (QED) is 0.887. The van der Waals surface area contributed by atoms with Gasteiger partial charge in [0.05, 0.1) is 5.69 Å². The van der Waals surface area contributed by atoms with Crippen molar-refractivity contribution in [3.05, 3.63) is 11.9 Å². The van der Waals surface area contributed by atoms with Crippen molar-refractivity contribution < 1.29 is 0 Å². The summed E-state index contributed by atoms with van der Waals surface area (Å²) >= 11 is 0. The molecule has 0 unspecified atom stereocenters. The van der Waals surface area contributed by atoms with Crippen LogP contribution in [0.4, 0.5) is 5.95 Å². The molecule has 1 aliphatic rings. The summed E-state index contributed by atoms with van der Waals surface area (Å²) in [6, 6.07) is 0.484. The fraction of sp³-hybridized carbons (Fsp3) is 0.800. The molecule has 108 valence electrons. The second-order valence-corrected chi connectivity index (χ2v) is 6.01. The van der Waals surface area contributed by atoms with Gasteiger partial charge in [-0.1, -0.05) is 0 Å². The van der Waals surface area contributed by atoms with E-state index in [-0.39, 0.29) is 0 Å². The highest BCUT2D eigenvalue weighted by atomic mass is 15.3. The van der Waals surface area contributed by atoms with E-state index in [2.05, 4.69) is 41.8 Å². The summed E-state index contributed by atoms with van der Waals surface area (Å²) in [6.07, 6.45) is 6.08. The van der Waals surface area contributed by atoms with E-state index >= 15 is 0 Å². The van der Waals surface area contributed by atoms with Crippen molar-refractivity contribution in [1.29, 1.82) is 0 Å². The molecule has 1 saturated heterocycles. The number of nitrogens with zero attached hydrogens (tertiary/aromatic N) is 3. The molecular weight excluding hydrogens is 236 g/mol. The Morgan fingerprint density at radius 2 is 2.05 bits per heavy atom. The van der Waals surface area contributed by atoms with Crippen molar-refractivity contribution in [2.24, 2.45) is 5.92 Å². The lowest BCUT2D eigenvalue weighted by Gasteiger charge is -2.33. The Hall–Kier alpha value is -1.03. The molecule has 2 heterocycles. The predicted molar refractivity (Wildman–Crippen MR) is 80.8 cm³/mol. The van der Waals surface area contributed by atoms with Gasteiger partial charge in [-0.05, 0) is 59.5 Å². The van der Waals surface area contributed by atoms with Gasteiger partial charge in [0.2, 0.25) is 5.95 Å². The maximum absolute atomic E-state index is 4.72. The molecule has 1 N–H and O–H groups in total. The number of nitrogens with one attached hydrogen (secondary N) is 1. The largest absolute Gasteiger partial charge is 0.342 e. The fourth-order valence-electron chi connectivity index (χ4n) is 2.89. The Morgan fingerprint density at radius 1 is 1.37 bits per heavy atom. The lowest BCUT2D eigenvalue weighted by atomic mass is 9.94. The number of hydrogen-bond donors (Lipinski definition) is 1. The van der Waals surface area contributed by atoms with Crippen LogP contribution in [0, 0.1) is 12.8 Å². The minimum Gasteiger partial charge on any atom is -0.342 e. The molecule has 0 atom stereocenters. The topological polar surface area (TPSA) is 33.1 Å². The van der Waals surface area contributed by atoms with E-state index < -0.39 is 0 Å². The van der Waals surface area contributed by atoms with Crippen molar-refractivity contribution in [3.8, 4) is 0 Å². The third-order valence-corrected chi connectivity index (χ3v) is 4.09. The van der Waals surface area contributed by atoms with Gasteiger partial charge in [-0.25, -0.2) is 4.98 Å². The Morgan fingerprint density at radius 3 is 2.63 bits per heavy atom. The average molecular weight is 264 g/mol. The number of anilines is 1. The van der Waals surface area contributed by atoms with Gasteiger partial charge >= 0.3 is 0 Å². The van der Waals surface area contributed by atoms with E-state index in [1.807, 2.05) is 7.05 Å². The van der Waals surface area contributed by atoms with Crippen LogP contribution in [0.3, 0.4) is 0 Å². The van der Waals surface area contributed by atoms with Crippen LogP contribution in [-0.4, -0.2) is 36.2 Å². The van der Waals surface area contributed by atoms with Gasteiger partial charge < -0.3 is 14.8 Å². The molecule has 0 radical (unpaired) electrons. The van der Waals surface area contributed by atoms with Gasteiger partial charge in [-0.15, -0.1) is 0 Å². The Labute approximate surface area is 117 Å². The summed E-state index contributed by atoms with van der Waals surface area (Å²) in [6.45, 7) is 9.98. The smallest absolute Gasteiger partial charge is 0.205 e. The third kappa shape index (κ3) is 3.50. The lowest BCUT2D eigenvalue weighted by molar-refractivity contribution is 0.372. The molecule has 0 bridgehead atoms. The number of rotatable bonds is 5. The lowest BCUT2D eigenvalue weighted by Crippen LogP contribution is -2.36. The van der Waals surface area contributed by atoms with Crippen molar-refractivity contribution >= 4 is 5.95 Å². The number of piperidine rings is 1. The molecule has 2 rings (SSSR count). The van der Waals surface area contributed by atoms with Gasteiger partial charge in [0.25, 0.3) is 0 Å². The summed E-state index contributed by atoms with van der Waals surface area (Å²) in [7, 11) is 2.04. The van der Waals surface area contributed by atoms with Crippen molar-refractivity contribution in [2.45, 2.75) is 46.1 Å². The molecule has 4 nitrogen and oxygen atoms in total. The molecule has 1 aliphatic heterocycles. The van der Waals surface area contributed by atoms with E-state index in [1.165, 1.54) is 25.2 Å². The summed E-state index contributed by atoms with van der Waals surface area (Å²) in [5.41, 5.74) is 1.13. The zero-order chi connectivity index (χ0) is 13.8. The van der Waals surface area contributed by atoms with Crippen molar-refractivity contribution in [2.75, 3.05) is 31.6 Å². The molecule has 1 aromatic heterocycles. The van der Waals surface area contributed by atoms with E-state index in [1.54, 1.807) is 0 Å². The zero-order valence-corrected chi connectivity index (χ0v) is 12.8. The van der Waals surface area contributed by atoms with Gasteiger partial charge in [0, 0.05) is 25.3 Å². The van der Waals surface area contributed by atoms with E-state index in [9.17, 15) is 0 Å². The zero-order valence-electron chi connectivity index (χ0n) is 12.8. The predicted octanol–water partition coefficient (Wildman–Crippen LogP) is 2.60. The SMILES string of the molecule is CNCCC1CCN(c2nc(C)cn2C(C)C)CC1. The van der Waals surface area contributed by atoms with Crippen molar-refractivity contribution in [1.82, 2.24) is 14.9 Å². The van der Waals surface area contributed by atoms with E-state index in [0.717, 1.165) is 31.2 Å². The normalized spacial score (nSPS) is 17.4. The molecule has 19 heavy (non-hydrogen) atoms. The number of hydrogen-bond acceptors (Lipinski definition) is 3. The highest BCUT2D eigenvalue weighted by molar-refractivity contribution is 5.34. The Balaban J connectivity index is 1.97. The average Bonchev–Trinajstić information content (AvgIpc) is 2.79. The van der Waals surface area contributed by atoms with Gasteiger partial charge in [0.15, 0.2) is 0 Å². The summed E-state index contributed by atoms with van der Waals surface area (Å²) < 4.78 is 2.31. The van der Waals surface area contributed by atoms with Crippen LogP contribution in [0.15, 0.2) is 6.20 Å². The minimum absolute atomic E-state index is 0.484. The van der Waals surface area contributed by atoms with Gasteiger partial charge in [-0.3, -0.25) is 0 Å². The van der Waals surface area contributed by atoms with Crippen LogP contribution in [0.2, 0.25) is 0 Å². The number of aromatic nitrogens is 2. The standard InChI is InChI=1S/C15H28N4/c1-12(2)19-11-13(3)17-15(19)18-9-6-14(7-10-18)5-8-16-4/h11-12,14,16H,5-10H2,1-4H3. The van der Waals surface area contributed by atoms with Crippen LogP contribution in [0.5, 0.6) is 0 Å². The van der Waals surface area contributed by atoms with Crippen molar-refractivity contribution in [3.63, 3.8) is 0 Å². The minimum atomic E-state index is 0.484. The molecule has 0 saturated carbocycles. The molecular formula is C15H28N4. The Kier molecular flexibility index (Phi) is 4.86. The fourth-order valence-corrected chi connectivity index (χ4v) is 2.89. The second kappa shape index (κ2) is 6.42. The number of imidazole rings is 1. The first-order valence-corrected chi connectivity index (χ1v) is 7.56. The first-order valence-electron chi connectivity index (χ1n) is 7.56. The monoisotopic (exact) mass is 264 g/mol. The maximum Gasteiger partial charge on any atom is 0.205 e. The summed E-state index contributed by atoms with van der Waals surface area (Å²) in [5, 5.41) is 3.26. The van der Waals surface area contributed by atoms with Gasteiger partial charge in [-0.2, -0.15) is 0 Å². The van der Waals surface area contributed by atoms with Crippen LogP contribution >= 0.6 is 0 Å². The van der Waals surface area contributed by atoms with E-state index in [4.69, 9.17) is 4.98 Å². The highest BCUT2D eigenvalue weighted by Gasteiger charge is 2.22. The molecule has 1 fully saturated rings. The van der Waals surface area contributed by atoms with Crippen LogP contribution in [0.1, 0.15) is 44.8 Å². The van der Waals surface area contributed by atoms with Crippen LogP contribution in [-0.2, 0) is 0 Å².